The van der Waals surface area contributed by atoms with Crippen molar-refractivity contribution in [3.05, 3.63) is 124 Å². The summed E-state index contributed by atoms with van der Waals surface area (Å²) in [7, 11) is 0. The van der Waals surface area contributed by atoms with E-state index < -0.39 is 52.6 Å². The number of hydrogen-bond donors (Lipinski definition) is 2. The van der Waals surface area contributed by atoms with Crippen molar-refractivity contribution in [1.82, 2.24) is 0 Å². The highest BCUT2D eigenvalue weighted by molar-refractivity contribution is 6.32. The number of allylic oxidation sites excluding steroid dienone is 2. The summed E-state index contributed by atoms with van der Waals surface area (Å²) < 4.78 is 14.1. The molecule has 0 aromatic heterocycles. The van der Waals surface area contributed by atoms with Crippen LogP contribution in [0.1, 0.15) is 31.2 Å². The smallest absolute Gasteiger partial charge is 0.241 e. The second-order valence-electron chi connectivity index (χ2n) is 13.5. The predicted molar refractivity (Wildman–Crippen MR) is 188 cm³/mol. The first-order valence-corrected chi connectivity index (χ1v) is 17.1. The Morgan fingerprint density at radius 2 is 1.50 bits per heavy atom. The summed E-state index contributed by atoms with van der Waals surface area (Å²) in [6.07, 6.45) is 2.25. The van der Waals surface area contributed by atoms with Crippen molar-refractivity contribution in [1.29, 1.82) is 0 Å². The summed E-state index contributed by atoms with van der Waals surface area (Å²) in [6, 6.07) is 24.9. The molecule has 6 unspecified atom stereocenters. The van der Waals surface area contributed by atoms with E-state index in [0.717, 1.165) is 22.3 Å². The summed E-state index contributed by atoms with van der Waals surface area (Å²) in [5, 5.41) is 14.6. The maximum Gasteiger partial charge on any atom is 0.241 e. The van der Waals surface area contributed by atoms with Gasteiger partial charge in [-0.15, -0.1) is 0 Å². The summed E-state index contributed by atoms with van der Waals surface area (Å²) >= 11 is 12.5. The van der Waals surface area contributed by atoms with Gasteiger partial charge in [0, 0.05) is 27.9 Å². The zero-order chi connectivity index (χ0) is 35.1. The van der Waals surface area contributed by atoms with E-state index in [1.54, 1.807) is 37.3 Å². The van der Waals surface area contributed by atoms with Crippen molar-refractivity contribution in [3.63, 3.8) is 0 Å². The van der Waals surface area contributed by atoms with Crippen LogP contribution >= 0.6 is 23.2 Å². The van der Waals surface area contributed by atoms with Gasteiger partial charge in [-0.25, -0.2) is 9.29 Å². The molecule has 11 heteroatoms. The number of para-hydroxylation sites is 1. The lowest BCUT2D eigenvalue weighted by Gasteiger charge is -2.49. The van der Waals surface area contributed by atoms with E-state index in [9.17, 15) is 28.7 Å². The van der Waals surface area contributed by atoms with Crippen molar-refractivity contribution in [3.8, 4) is 5.75 Å². The largest absolute Gasteiger partial charge is 0.508 e. The van der Waals surface area contributed by atoms with Crippen LogP contribution in [-0.2, 0) is 19.2 Å². The van der Waals surface area contributed by atoms with Crippen LogP contribution in [0.2, 0.25) is 10.0 Å². The normalized spacial score (nSPS) is 27.2. The number of aromatic hydroxyl groups is 1. The molecule has 8 nitrogen and oxygen atoms in total. The van der Waals surface area contributed by atoms with Crippen molar-refractivity contribution < 1.29 is 28.7 Å². The van der Waals surface area contributed by atoms with Crippen LogP contribution in [0.25, 0.3) is 0 Å². The third-order valence-corrected chi connectivity index (χ3v) is 11.4. The Labute approximate surface area is 297 Å². The lowest BCUT2D eigenvalue weighted by Crippen LogP contribution is -2.48. The fourth-order valence-corrected chi connectivity index (χ4v) is 8.98. The third-order valence-electron chi connectivity index (χ3n) is 10.9. The molecule has 0 radical (unpaired) electrons. The number of halogens is 3. The standard InChI is InChI=1S/C39H30Cl2FN3O5/c1-39-29(36(48)45(38(39)50)24-12-15-31(42)30(41)18-24)19-27-25(34(39)28-17-20(40)7-16-32(28)46)13-14-26-33(27)37(49)44(35(26)47)23-10-8-22(9-11-23)43-21-5-3-2-4-6-21/h2-13,15-18,26-27,29,33-34,43,46H,14,19H2,1H3. The van der Waals surface area contributed by atoms with E-state index in [1.807, 2.05) is 36.4 Å². The number of phenolic OH excluding ortho intramolecular Hbond substituents is 1. The summed E-state index contributed by atoms with van der Waals surface area (Å²) in [5.41, 5.74) is 1.86. The highest BCUT2D eigenvalue weighted by Crippen LogP contribution is 2.64. The summed E-state index contributed by atoms with van der Waals surface area (Å²) in [6.45, 7) is 1.69. The van der Waals surface area contributed by atoms with E-state index in [1.165, 1.54) is 29.2 Å². The third kappa shape index (κ3) is 4.78. The number of nitrogens with zero attached hydrogens (tertiary/aromatic N) is 2. The molecule has 4 aliphatic rings. The maximum atomic E-state index is 14.5. The van der Waals surface area contributed by atoms with Gasteiger partial charge in [0.15, 0.2) is 0 Å². The van der Waals surface area contributed by atoms with Gasteiger partial charge < -0.3 is 10.4 Å². The maximum absolute atomic E-state index is 14.5. The topological polar surface area (TPSA) is 107 Å². The first-order chi connectivity index (χ1) is 24.0. The number of amides is 4. The van der Waals surface area contributed by atoms with E-state index >= 15 is 0 Å². The van der Waals surface area contributed by atoms with Gasteiger partial charge in [-0.05, 0) is 98.5 Å². The van der Waals surface area contributed by atoms with E-state index in [-0.39, 0.29) is 41.1 Å². The molecule has 2 saturated heterocycles. The SMILES string of the molecule is CC12C(=O)N(c3ccc(F)c(Cl)c3)C(=O)C1CC1C(=CCC3C(=O)N(c4ccc(Nc5ccccc5)cc4)C(=O)C31)C2c1cc(Cl)ccc1O. The minimum atomic E-state index is -1.41. The van der Waals surface area contributed by atoms with Crippen LogP contribution in [-0.4, -0.2) is 28.7 Å². The Bertz CT molecular complexity index is 2140. The molecule has 2 aliphatic heterocycles. The minimum Gasteiger partial charge on any atom is -0.508 e. The number of anilines is 4. The van der Waals surface area contributed by atoms with Crippen molar-refractivity contribution in [2.75, 3.05) is 15.1 Å². The zero-order valence-electron chi connectivity index (χ0n) is 26.6. The van der Waals surface area contributed by atoms with Crippen LogP contribution in [0, 0.1) is 34.9 Å². The second kappa shape index (κ2) is 11.8. The highest BCUT2D eigenvalue weighted by atomic mass is 35.5. The van der Waals surface area contributed by atoms with Gasteiger partial charge in [0.05, 0.1) is 39.6 Å². The molecule has 4 aromatic rings. The van der Waals surface area contributed by atoms with Crippen molar-refractivity contribution in [2.24, 2.45) is 29.1 Å². The number of nitrogens with one attached hydrogen (secondary N) is 1. The fraction of sp³-hybridized carbons (Fsp3) is 0.231. The van der Waals surface area contributed by atoms with Crippen LogP contribution < -0.4 is 15.1 Å². The van der Waals surface area contributed by atoms with Gasteiger partial charge in [0.2, 0.25) is 23.6 Å². The molecule has 2 heterocycles. The Kier molecular flexibility index (Phi) is 7.62. The van der Waals surface area contributed by atoms with Gasteiger partial charge in [0.25, 0.3) is 0 Å². The molecule has 3 fully saturated rings. The minimum absolute atomic E-state index is 0.115. The van der Waals surface area contributed by atoms with Crippen LogP contribution in [0.15, 0.2) is 103 Å². The monoisotopic (exact) mass is 709 g/mol. The molecular weight excluding hydrogens is 680 g/mol. The lowest BCUT2D eigenvalue weighted by atomic mass is 9.51. The van der Waals surface area contributed by atoms with Gasteiger partial charge in [-0.2, -0.15) is 0 Å². The van der Waals surface area contributed by atoms with Crippen LogP contribution in [0.5, 0.6) is 5.75 Å². The van der Waals surface area contributed by atoms with Crippen LogP contribution in [0.3, 0.4) is 0 Å². The number of carbonyl (C=O) groups excluding carboxylic acids is 4. The number of hydrogen-bond acceptors (Lipinski definition) is 6. The highest BCUT2D eigenvalue weighted by Gasteiger charge is 2.68. The summed E-state index contributed by atoms with van der Waals surface area (Å²) in [4.78, 5) is 59.5. The second-order valence-corrected chi connectivity index (χ2v) is 14.4. The molecular formula is C39H30Cl2FN3O5. The molecule has 1 saturated carbocycles. The first-order valence-electron chi connectivity index (χ1n) is 16.3. The zero-order valence-corrected chi connectivity index (χ0v) is 28.2. The lowest BCUT2D eigenvalue weighted by molar-refractivity contribution is -0.131. The van der Waals surface area contributed by atoms with Gasteiger partial charge in [-0.1, -0.05) is 53.1 Å². The molecule has 2 aliphatic carbocycles. The Morgan fingerprint density at radius 3 is 2.22 bits per heavy atom. The Morgan fingerprint density at radius 1 is 0.800 bits per heavy atom. The molecule has 6 atom stereocenters. The molecule has 0 bridgehead atoms. The average Bonchev–Trinajstić information content (AvgIpc) is 3.47. The number of rotatable bonds is 5. The molecule has 50 heavy (non-hydrogen) atoms. The van der Waals surface area contributed by atoms with E-state index in [4.69, 9.17) is 23.2 Å². The molecule has 0 spiro atoms. The summed E-state index contributed by atoms with van der Waals surface area (Å²) in [5.74, 6) is -6.45. The average molecular weight is 711 g/mol. The van der Waals surface area contributed by atoms with Gasteiger partial charge in [0.1, 0.15) is 11.6 Å². The van der Waals surface area contributed by atoms with Gasteiger partial charge in [-0.3, -0.25) is 24.1 Å². The molecule has 2 N–H and O–H groups in total. The number of imide groups is 2. The molecule has 4 aromatic carbocycles. The van der Waals surface area contributed by atoms with Crippen LogP contribution in [0.4, 0.5) is 27.1 Å². The predicted octanol–water partition coefficient (Wildman–Crippen LogP) is 8.02. The number of phenols is 1. The quantitative estimate of drug-likeness (QED) is 0.161. The van der Waals surface area contributed by atoms with E-state index in [0.29, 0.717) is 21.8 Å². The first kappa shape index (κ1) is 32.2. The number of carbonyl (C=O) groups is 4. The molecule has 252 valence electrons. The fourth-order valence-electron chi connectivity index (χ4n) is 8.62. The van der Waals surface area contributed by atoms with Gasteiger partial charge >= 0.3 is 0 Å². The number of benzene rings is 4. The molecule has 4 amide bonds. The Balaban J connectivity index is 1.19. The molecule has 8 rings (SSSR count). The van der Waals surface area contributed by atoms with Crippen molar-refractivity contribution in [2.45, 2.75) is 25.7 Å². The Hall–Kier alpha value is -4.99. The van der Waals surface area contributed by atoms with Crippen molar-refractivity contribution >= 4 is 69.6 Å². The van der Waals surface area contributed by atoms with E-state index in [2.05, 4.69) is 5.32 Å². The number of fused-ring (bicyclic) bond motifs is 4.